The van der Waals surface area contributed by atoms with E-state index in [2.05, 4.69) is 20.9 Å². The van der Waals surface area contributed by atoms with Crippen molar-refractivity contribution in [1.29, 1.82) is 0 Å². The summed E-state index contributed by atoms with van der Waals surface area (Å²) in [4.78, 5) is 3.78. The lowest BCUT2D eigenvalue weighted by atomic mass is 10.4. The summed E-state index contributed by atoms with van der Waals surface area (Å²) in [5.41, 5.74) is 5.59. The average molecular weight is 349 g/mol. The van der Waals surface area contributed by atoms with Crippen LogP contribution >= 0.6 is 15.9 Å². The summed E-state index contributed by atoms with van der Waals surface area (Å²) < 4.78 is 33.1. The van der Waals surface area contributed by atoms with Gasteiger partial charge in [0.1, 0.15) is 5.76 Å². The van der Waals surface area contributed by atoms with Crippen molar-refractivity contribution >= 4 is 31.8 Å². The van der Waals surface area contributed by atoms with Crippen LogP contribution in [0.15, 0.2) is 32.6 Å². The minimum atomic E-state index is -3.71. The first-order valence-corrected chi connectivity index (χ1v) is 7.53. The maximum atomic E-state index is 12.4. The van der Waals surface area contributed by atoms with E-state index in [4.69, 9.17) is 10.2 Å². The van der Waals surface area contributed by atoms with Crippen molar-refractivity contribution in [3.63, 3.8) is 0 Å². The third kappa shape index (κ3) is 2.67. The van der Waals surface area contributed by atoms with Gasteiger partial charge >= 0.3 is 0 Å². The molecule has 0 bridgehead atoms. The van der Waals surface area contributed by atoms with Gasteiger partial charge in [0.2, 0.25) is 0 Å². The van der Waals surface area contributed by atoms with Crippen molar-refractivity contribution in [2.24, 2.45) is 7.05 Å². The number of aromatic nitrogens is 2. The van der Waals surface area contributed by atoms with Crippen molar-refractivity contribution in [3.8, 4) is 0 Å². The largest absolute Gasteiger partial charge is 0.453 e. The Morgan fingerprint density at radius 2 is 2.21 bits per heavy atom. The summed E-state index contributed by atoms with van der Waals surface area (Å²) in [7, 11) is -0.679. The van der Waals surface area contributed by atoms with Gasteiger partial charge in [0.15, 0.2) is 15.5 Å². The zero-order valence-electron chi connectivity index (χ0n) is 10.4. The summed E-state index contributed by atoms with van der Waals surface area (Å²) >= 11 is 3.17. The molecule has 2 rings (SSSR count). The zero-order valence-corrected chi connectivity index (χ0v) is 12.8. The lowest BCUT2D eigenvalue weighted by molar-refractivity contribution is 0.396. The molecule has 0 amide bonds. The molecule has 0 spiro atoms. The first-order valence-electron chi connectivity index (χ1n) is 5.29. The molecule has 2 aromatic heterocycles. The second-order valence-corrected chi connectivity index (χ2v) is 6.75. The Bertz CT molecular complexity index is 672. The molecule has 7 nitrogen and oxygen atoms in total. The highest BCUT2D eigenvalue weighted by Crippen LogP contribution is 2.22. The number of sulfonamides is 1. The summed E-state index contributed by atoms with van der Waals surface area (Å²) in [6.07, 6.45) is 1.36. The first-order chi connectivity index (χ1) is 8.82. The van der Waals surface area contributed by atoms with E-state index in [1.54, 1.807) is 19.2 Å². The minimum absolute atomic E-state index is 0.0185. The number of aryl methyl sites for hydroxylation is 1. The Morgan fingerprint density at radius 3 is 2.68 bits per heavy atom. The third-order valence-corrected chi connectivity index (χ3v) is 4.93. The lowest BCUT2D eigenvalue weighted by Gasteiger charge is -2.16. The van der Waals surface area contributed by atoms with Crippen molar-refractivity contribution in [2.75, 3.05) is 12.8 Å². The zero-order chi connectivity index (χ0) is 14.2. The topological polar surface area (TPSA) is 94.4 Å². The molecular formula is C10H13BrN4O3S. The quantitative estimate of drug-likeness (QED) is 0.894. The van der Waals surface area contributed by atoms with Crippen molar-refractivity contribution in [2.45, 2.75) is 11.6 Å². The highest BCUT2D eigenvalue weighted by atomic mass is 79.9. The second kappa shape index (κ2) is 4.99. The summed E-state index contributed by atoms with van der Waals surface area (Å²) in [5.74, 6) is 0.508. The highest BCUT2D eigenvalue weighted by molar-refractivity contribution is 9.10. The Hall–Kier alpha value is -1.32. The van der Waals surface area contributed by atoms with Gasteiger partial charge in [0, 0.05) is 14.1 Å². The van der Waals surface area contributed by atoms with Gasteiger partial charge in [-0.05, 0) is 28.1 Å². The van der Waals surface area contributed by atoms with Crippen LogP contribution in [0.4, 0.5) is 5.82 Å². The normalized spacial score (nSPS) is 12.2. The van der Waals surface area contributed by atoms with Gasteiger partial charge in [0.05, 0.1) is 12.9 Å². The van der Waals surface area contributed by atoms with Crippen LogP contribution in [0.5, 0.6) is 0 Å². The van der Waals surface area contributed by atoms with Gasteiger partial charge in [-0.2, -0.15) is 4.31 Å². The second-order valence-electron chi connectivity index (χ2n) is 4.01. The van der Waals surface area contributed by atoms with Gasteiger partial charge < -0.3 is 14.7 Å². The Morgan fingerprint density at radius 1 is 1.53 bits per heavy atom. The van der Waals surface area contributed by atoms with Crippen molar-refractivity contribution in [1.82, 2.24) is 13.9 Å². The number of hydrogen-bond donors (Lipinski definition) is 1. The number of nitrogens with two attached hydrogens (primary N) is 1. The number of rotatable bonds is 4. The van der Waals surface area contributed by atoms with Crippen LogP contribution in [0.25, 0.3) is 0 Å². The number of nitrogens with zero attached hydrogens (tertiary/aromatic N) is 3. The Labute approximate surface area is 119 Å². The lowest BCUT2D eigenvalue weighted by Crippen LogP contribution is -2.28. The van der Waals surface area contributed by atoms with Crippen molar-refractivity contribution in [3.05, 3.63) is 28.9 Å². The maximum Gasteiger partial charge on any atom is 0.262 e. The van der Waals surface area contributed by atoms with Crippen LogP contribution in [0, 0.1) is 0 Å². The maximum absolute atomic E-state index is 12.4. The molecule has 0 aliphatic rings. The van der Waals surface area contributed by atoms with Gasteiger partial charge in [-0.3, -0.25) is 0 Å². The molecule has 0 aliphatic heterocycles. The molecular weight excluding hydrogens is 336 g/mol. The number of hydrogen-bond acceptors (Lipinski definition) is 5. The van der Waals surface area contributed by atoms with Gasteiger partial charge in [-0.25, -0.2) is 13.4 Å². The van der Waals surface area contributed by atoms with Crippen LogP contribution in [0.3, 0.4) is 0 Å². The predicted molar refractivity (Wildman–Crippen MR) is 72.7 cm³/mol. The average Bonchev–Trinajstić information content (AvgIpc) is 2.85. The Kier molecular flexibility index (Phi) is 3.70. The molecule has 19 heavy (non-hydrogen) atoms. The van der Waals surface area contributed by atoms with Crippen LogP contribution < -0.4 is 5.73 Å². The summed E-state index contributed by atoms with van der Waals surface area (Å²) in [6.45, 7) is 0.110. The monoisotopic (exact) mass is 348 g/mol. The number of nitrogen functional groups attached to an aromatic ring is 1. The SMILES string of the molecule is CN(Cc1ccc(Br)o1)S(=O)(=O)c1c(N)ncn1C. The van der Waals surface area contributed by atoms with E-state index in [0.29, 0.717) is 10.4 Å². The van der Waals surface area contributed by atoms with Gasteiger partial charge in [-0.1, -0.05) is 0 Å². The standard InChI is InChI=1S/C10H13BrN4O3S/c1-14-6-13-9(12)10(14)19(16,17)15(2)5-7-3-4-8(11)18-7/h3-4,6H,5,12H2,1-2H3. The molecule has 104 valence electrons. The number of anilines is 1. The molecule has 2 N–H and O–H groups in total. The molecule has 0 saturated carbocycles. The minimum Gasteiger partial charge on any atom is -0.453 e. The molecule has 0 fully saturated rings. The molecule has 0 aromatic carbocycles. The van der Waals surface area contributed by atoms with Crippen molar-refractivity contribution < 1.29 is 12.8 Å². The van der Waals surface area contributed by atoms with E-state index >= 15 is 0 Å². The van der Waals surface area contributed by atoms with Crippen LogP contribution in [-0.2, 0) is 23.6 Å². The molecule has 9 heteroatoms. The molecule has 0 saturated heterocycles. The third-order valence-electron chi connectivity index (χ3n) is 2.57. The summed E-state index contributed by atoms with van der Waals surface area (Å²) in [5, 5.41) is -0.0272. The fourth-order valence-corrected chi connectivity index (χ4v) is 3.30. The number of imidazole rings is 1. The van der Waals surface area contributed by atoms with E-state index in [0.717, 1.165) is 4.31 Å². The van der Waals surface area contributed by atoms with Gasteiger partial charge in [0.25, 0.3) is 10.0 Å². The number of furan rings is 1. The molecule has 2 heterocycles. The Balaban J connectivity index is 2.30. The fourth-order valence-electron chi connectivity index (χ4n) is 1.64. The van der Waals surface area contributed by atoms with E-state index in [-0.39, 0.29) is 17.4 Å². The smallest absolute Gasteiger partial charge is 0.262 e. The predicted octanol–water partition coefficient (Wildman–Crippen LogP) is 1.18. The number of halogens is 1. The fraction of sp³-hybridized carbons (Fsp3) is 0.300. The molecule has 0 radical (unpaired) electrons. The molecule has 0 aliphatic carbocycles. The van der Waals surface area contributed by atoms with E-state index in [9.17, 15) is 8.42 Å². The van der Waals surface area contributed by atoms with E-state index < -0.39 is 10.0 Å². The highest BCUT2D eigenvalue weighted by Gasteiger charge is 2.28. The molecule has 0 unspecified atom stereocenters. The van der Waals surface area contributed by atoms with E-state index in [1.807, 2.05) is 0 Å². The molecule has 0 atom stereocenters. The first kappa shape index (κ1) is 14.1. The van der Waals surface area contributed by atoms with Crippen LogP contribution in [0.1, 0.15) is 5.76 Å². The van der Waals surface area contributed by atoms with Crippen LogP contribution in [-0.4, -0.2) is 29.3 Å². The molecule has 2 aromatic rings. The summed E-state index contributed by atoms with van der Waals surface area (Å²) in [6, 6.07) is 3.40. The van der Waals surface area contributed by atoms with Gasteiger partial charge in [-0.15, -0.1) is 0 Å². The van der Waals surface area contributed by atoms with Crippen LogP contribution in [0.2, 0.25) is 0 Å². The van der Waals surface area contributed by atoms with E-state index in [1.165, 1.54) is 17.9 Å².